The molecule has 0 aliphatic carbocycles. The first kappa shape index (κ1) is 18.4. The Hall–Kier alpha value is -2.38. The fourth-order valence-corrected chi connectivity index (χ4v) is 3.86. The molecule has 3 rings (SSSR count). The number of likely N-dealkylation sites (tertiary alicyclic amines) is 1. The third kappa shape index (κ3) is 5.06. The molecule has 2 amide bonds. The van der Waals surface area contributed by atoms with Crippen molar-refractivity contribution in [1.29, 1.82) is 0 Å². The first-order valence-electron chi connectivity index (χ1n) is 8.58. The Labute approximate surface area is 157 Å². The van der Waals surface area contributed by atoms with Gasteiger partial charge in [-0.05, 0) is 49.2 Å². The van der Waals surface area contributed by atoms with Gasteiger partial charge in [-0.25, -0.2) is 4.98 Å². The predicted molar refractivity (Wildman–Crippen MR) is 103 cm³/mol. The highest BCUT2D eigenvalue weighted by Gasteiger charge is 2.30. The van der Waals surface area contributed by atoms with E-state index in [0.717, 1.165) is 41.4 Å². The number of hydrogen-bond donors (Lipinski definition) is 2. The summed E-state index contributed by atoms with van der Waals surface area (Å²) >= 11 is 1.65. The summed E-state index contributed by atoms with van der Waals surface area (Å²) in [6, 6.07) is 13.3. The van der Waals surface area contributed by atoms with Crippen molar-refractivity contribution >= 4 is 29.3 Å². The molecule has 1 aromatic heterocycles. The minimum Gasteiger partial charge on any atom is -0.368 e. The van der Waals surface area contributed by atoms with Gasteiger partial charge < -0.3 is 11.1 Å². The highest BCUT2D eigenvalue weighted by molar-refractivity contribution is 7.98. The first-order valence-corrected chi connectivity index (χ1v) is 9.56. The molecule has 2 aromatic rings. The normalized spacial score (nSPS) is 17.2. The van der Waals surface area contributed by atoms with E-state index in [9.17, 15) is 9.59 Å². The Morgan fingerprint density at radius 3 is 2.92 bits per heavy atom. The lowest BCUT2D eigenvalue weighted by molar-refractivity contribution is -0.123. The fraction of sp³-hybridized carbons (Fsp3) is 0.316. The standard InChI is InChI=1S/C19H22N4O2S/c20-19(25)16-7-4-10-23(16)12-17(24)22-15-6-3-5-14(11-15)13-26-18-8-1-2-9-21-18/h1-3,5-6,8-9,11,16H,4,7,10,12-13H2,(H2,20,25)(H,22,24). The first-order chi connectivity index (χ1) is 12.6. The fourth-order valence-electron chi connectivity index (χ4n) is 3.05. The predicted octanol–water partition coefficient (Wildman–Crippen LogP) is 2.26. The van der Waals surface area contributed by atoms with Crippen LogP contribution >= 0.6 is 11.8 Å². The van der Waals surface area contributed by atoms with Crippen molar-refractivity contribution in [3.63, 3.8) is 0 Å². The highest BCUT2D eigenvalue weighted by Crippen LogP contribution is 2.22. The number of hydrogen-bond acceptors (Lipinski definition) is 5. The topological polar surface area (TPSA) is 88.3 Å². The SMILES string of the molecule is NC(=O)C1CCCN1CC(=O)Nc1cccc(CSc2ccccn2)c1. The van der Waals surface area contributed by atoms with Crippen LogP contribution in [0.3, 0.4) is 0 Å². The summed E-state index contributed by atoms with van der Waals surface area (Å²) in [4.78, 5) is 29.9. The average molecular weight is 370 g/mol. The number of nitrogens with two attached hydrogens (primary N) is 1. The number of amides is 2. The molecule has 6 nitrogen and oxygen atoms in total. The van der Waals surface area contributed by atoms with E-state index in [1.165, 1.54) is 0 Å². The summed E-state index contributed by atoms with van der Waals surface area (Å²) in [6.07, 6.45) is 3.39. The Balaban J connectivity index is 1.54. The van der Waals surface area contributed by atoms with Crippen molar-refractivity contribution in [3.05, 3.63) is 54.2 Å². The van der Waals surface area contributed by atoms with Crippen LogP contribution in [0.15, 0.2) is 53.7 Å². The van der Waals surface area contributed by atoms with Gasteiger partial charge in [-0.2, -0.15) is 0 Å². The Morgan fingerprint density at radius 2 is 2.15 bits per heavy atom. The zero-order valence-electron chi connectivity index (χ0n) is 14.4. The number of thioether (sulfide) groups is 1. The quantitative estimate of drug-likeness (QED) is 0.730. The lowest BCUT2D eigenvalue weighted by atomic mass is 10.2. The van der Waals surface area contributed by atoms with Gasteiger partial charge in [-0.15, -0.1) is 11.8 Å². The minimum atomic E-state index is -0.358. The number of pyridine rings is 1. The van der Waals surface area contributed by atoms with Gasteiger partial charge in [0.2, 0.25) is 11.8 Å². The minimum absolute atomic E-state index is 0.132. The molecule has 1 atom stereocenters. The molecule has 2 heterocycles. The monoisotopic (exact) mass is 370 g/mol. The maximum absolute atomic E-state index is 12.3. The van der Waals surface area contributed by atoms with E-state index in [1.807, 2.05) is 47.4 Å². The van der Waals surface area contributed by atoms with Crippen LogP contribution in [0.5, 0.6) is 0 Å². The van der Waals surface area contributed by atoms with Gasteiger partial charge in [0.05, 0.1) is 17.6 Å². The number of nitrogens with one attached hydrogen (secondary N) is 1. The average Bonchev–Trinajstić information content (AvgIpc) is 3.09. The van der Waals surface area contributed by atoms with Gasteiger partial charge in [0.15, 0.2) is 0 Å². The van der Waals surface area contributed by atoms with Gasteiger partial charge in [0.25, 0.3) is 0 Å². The molecular formula is C19H22N4O2S. The second kappa shape index (κ2) is 8.82. The van der Waals surface area contributed by atoms with Crippen molar-refractivity contribution < 1.29 is 9.59 Å². The summed E-state index contributed by atoms with van der Waals surface area (Å²) in [5, 5.41) is 3.88. The second-order valence-electron chi connectivity index (χ2n) is 6.24. The summed E-state index contributed by atoms with van der Waals surface area (Å²) in [6.45, 7) is 0.905. The van der Waals surface area contributed by atoms with E-state index in [1.54, 1.807) is 18.0 Å². The summed E-state index contributed by atoms with van der Waals surface area (Å²) < 4.78 is 0. The summed E-state index contributed by atoms with van der Waals surface area (Å²) in [5.41, 5.74) is 7.26. The van der Waals surface area contributed by atoms with Crippen LogP contribution in [-0.4, -0.2) is 40.8 Å². The van der Waals surface area contributed by atoms with Crippen LogP contribution in [0.25, 0.3) is 0 Å². The Bertz CT molecular complexity index is 769. The van der Waals surface area contributed by atoms with Crippen LogP contribution in [0.1, 0.15) is 18.4 Å². The van der Waals surface area contributed by atoms with Crippen LogP contribution in [-0.2, 0) is 15.3 Å². The third-order valence-corrected chi connectivity index (χ3v) is 5.29. The molecule has 0 spiro atoms. The molecule has 26 heavy (non-hydrogen) atoms. The molecule has 0 bridgehead atoms. The molecule has 136 valence electrons. The Morgan fingerprint density at radius 1 is 1.27 bits per heavy atom. The molecule has 1 aromatic carbocycles. The van der Waals surface area contributed by atoms with Crippen molar-refractivity contribution in [1.82, 2.24) is 9.88 Å². The second-order valence-corrected chi connectivity index (χ2v) is 7.23. The lowest BCUT2D eigenvalue weighted by Crippen LogP contribution is -2.43. The number of carbonyl (C=O) groups excluding carboxylic acids is 2. The molecule has 0 radical (unpaired) electrons. The number of nitrogens with zero attached hydrogens (tertiary/aromatic N) is 2. The zero-order chi connectivity index (χ0) is 18.4. The molecule has 1 aliphatic heterocycles. The van der Waals surface area contributed by atoms with Gasteiger partial charge in [0, 0.05) is 17.6 Å². The number of benzene rings is 1. The van der Waals surface area contributed by atoms with Crippen molar-refractivity contribution in [2.24, 2.45) is 5.73 Å². The van der Waals surface area contributed by atoms with Crippen molar-refractivity contribution in [3.8, 4) is 0 Å². The van der Waals surface area contributed by atoms with Gasteiger partial charge in [0.1, 0.15) is 0 Å². The molecule has 1 fully saturated rings. The number of rotatable bonds is 7. The molecule has 1 unspecified atom stereocenters. The van der Waals surface area contributed by atoms with E-state index in [0.29, 0.717) is 0 Å². The van der Waals surface area contributed by atoms with E-state index in [4.69, 9.17) is 5.73 Å². The van der Waals surface area contributed by atoms with Gasteiger partial charge in [-0.1, -0.05) is 18.2 Å². The molecule has 1 aliphatic rings. The van der Waals surface area contributed by atoms with Gasteiger partial charge in [-0.3, -0.25) is 14.5 Å². The smallest absolute Gasteiger partial charge is 0.238 e. The molecule has 0 saturated carbocycles. The lowest BCUT2D eigenvalue weighted by Gasteiger charge is -2.21. The van der Waals surface area contributed by atoms with E-state index in [2.05, 4.69) is 10.3 Å². The van der Waals surface area contributed by atoms with E-state index >= 15 is 0 Å². The maximum Gasteiger partial charge on any atom is 0.238 e. The number of aromatic nitrogens is 1. The number of carbonyl (C=O) groups is 2. The summed E-state index contributed by atoms with van der Waals surface area (Å²) in [5.74, 6) is 0.285. The van der Waals surface area contributed by atoms with Crippen molar-refractivity contribution in [2.75, 3.05) is 18.4 Å². The van der Waals surface area contributed by atoms with Gasteiger partial charge >= 0.3 is 0 Å². The van der Waals surface area contributed by atoms with Crippen LogP contribution < -0.4 is 11.1 Å². The van der Waals surface area contributed by atoms with E-state index in [-0.39, 0.29) is 24.4 Å². The highest BCUT2D eigenvalue weighted by atomic mass is 32.2. The molecule has 1 saturated heterocycles. The Kier molecular flexibility index (Phi) is 6.25. The molecular weight excluding hydrogens is 348 g/mol. The zero-order valence-corrected chi connectivity index (χ0v) is 15.2. The van der Waals surface area contributed by atoms with Crippen LogP contribution in [0.4, 0.5) is 5.69 Å². The maximum atomic E-state index is 12.3. The summed E-state index contributed by atoms with van der Waals surface area (Å²) in [7, 11) is 0. The van der Waals surface area contributed by atoms with Crippen LogP contribution in [0, 0.1) is 0 Å². The van der Waals surface area contributed by atoms with Crippen molar-refractivity contribution in [2.45, 2.75) is 29.7 Å². The number of anilines is 1. The third-order valence-electron chi connectivity index (χ3n) is 4.27. The molecule has 3 N–H and O–H groups in total. The van der Waals surface area contributed by atoms with Crippen LogP contribution in [0.2, 0.25) is 0 Å². The molecule has 7 heteroatoms. The van der Waals surface area contributed by atoms with E-state index < -0.39 is 0 Å². The largest absolute Gasteiger partial charge is 0.368 e. The number of primary amides is 1.